The Labute approximate surface area is 196 Å². The van der Waals surface area contributed by atoms with E-state index in [9.17, 15) is 0 Å². The number of nitrogens with zero attached hydrogens (tertiary/aromatic N) is 1. The van der Waals surface area contributed by atoms with Gasteiger partial charge in [0.05, 0.1) is 0 Å². The van der Waals surface area contributed by atoms with Gasteiger partial charge in [0.25, 0.3) is 0 Å². The monoisotopic (exact) mass is 437 g/mol. The lowest BCUT2D eigenvalue weighted by Crippen LogP contribution is -2.10. The van der Waals surface area contributed by atoms with Crippen LogP contribution in [0.1, 0.15) is 86.1 Å². The molecule has 170 valence electrons. The summed E-state index contributed by atoms with van der Waals surface area (Å²) in [6, 6.07) is 19.3. The molecule has 31 heavy (non-hydrogen) atoms. The minimum atomic E-state index is 0.220. The van der Waals surface area contributed by atoms with Crippen molar-refractivity contribution in [2.75, 3.05) is 0 Å². The van der Waals surface area contributed by atoms with E-state index in [-0.39, 0.29) is 5.41 Å². The molecule has 0 amide bonds. The number of rotatable bonds is 1. The molecule has 3 aromatic rings. The largest absolute Gasteiger partial charge is 0.241 e. The predicted octanol–water partition coefficient (Wildman–Crippen LogP) is 9.45. The van der Waals surface area contributed by atoms with Gasteiger partial charge in [-0.3, -0.25) is 0 Å². The molecule has 2 aromatic carbocycles. The second kappa shape index (κ2) is 11.1. The minimum absolute atomic E-state index is 0.220. The van der Waals surface area contributed by atoms with Crippen molar-refractivity contribution in [1.82, 2.24) is 4.98 Å². The molecule has 0 aliphatic heterocycles. The molecule has 3 rings (SSSR count). The van der Waals surface area contributed by atoms with Crippen LogP contribution in [0.15, 0.2) is 60.0 Å². The molecule has 2 heteroatoms. The average molecular weight is 438 g/mol. The van der Waals surface area contributed by atoms with Gasteiger partial charge in [-0.1, -0.05) is 124 Å². The second-order valence-corrected chi connectivity index (χ2v) is 12.6. The Kier molecular flexibility index (Phi) is 9.69. The van der Waals surface area contributed by atoms with Gasteiger partial charge in [0.2, 0.25) is 0 Å². The first-order valence-corrected chi connectivity index (χ1v) is 12.0. The van der Waals surface area contributed by atoms with Crippen LogP contribution in [-0.2, 0) is 10.8 Å². The van der Waals surface area contributed by atoms with Gasteiger partial charge in [-0.15, -0.1) is 11.3 Å². The fourth-order valence-corrected chi connectivity index (χ4v) is 3.34. The van der Waals surface area contributed by atoms with Gasteiger partial charge in [-0.25, -0.2) is 4.98 Å². The Balaban J connectivity index is 0.000000273. The highest BCUT2D eigenvalue weighted by Gasteiger charge is 2.13. The maximum atomic E-state index is 4.49. The SMILES string of the molecule is CC(C)(C)C.CC(C)(C)c1ccccc1.Cc1csc(-c2ccc(C(C)(C)C)cc2)n1. The zero-order chi connectivity index (χ0) is 23.9. The van der Waals surface area contributed by atoms with Crippen LogP contribution < -0.4 is 0 Å². The third-order valence-electron chi connectivity index (χ3n) is 4.26. The van der Waals surface area contributed by atoms with E-state index in [1.165, 1.54) is 16.7 Å². The molecular formula is C29H43NS. The molecule has 1 aromatic heterocycles. The van der Waals surface area contributed by atoms with Crippen LogP contribution in [0.3, 0.4) is 0 Å². The normalized spacial score (nSPS) is 11.7. The molecule has 1 nitrogen and oxygen atoms in total. The Bertz CT molecular complexity index is 877. The van der Waals surface area contributed by atoms with Crippen molar-refractivity contribution in [2.24, 2.45) is 5.41 Å². The van der Waals surface area contributed by atoms with E-state index in [2.05, 4.69) is 134 Å². The highest BCUT2D eigenvalue weighted by atomic mass is 32.1. The molecule has 0 atom stereocenters. The Hall–Kier alpha value is -1.93. The summed E-state index contributed by atoms with van der Waals surface area (Å²) in [4.78, 5) is 4.49. The third-order valence-corrected chi connectivity index (χ3v) is 5.27. The lowest BCUT2D eigenvalue weighted by molar-refractivity contribution is 0.469. The van der Waals surface area contributed by atoms with Crippen LogP contribution in [0.25, 0.3) is 10.6 Å². The fourth-order valence-electron chi connectivity index (χ4n) is 2.54. The van der Waals surface area contributed by atoms with Crippen LogP contribution in [0.5, 0.6) is 0 Å². The topological polar surface area (TPSA) is 12.9 Å². The van der Waals surface area contributed by atoms with Crippen molar-refractivity contribution in [1.29, 1.82) is 0 Å². The Morgan fingerprint density at radius 3 is 1.35 bits per heavy atom. The Morgan fingerprint density at radius 1 is 0.613 bits per heavy atom. The molecule has 0 radical (unpaired) electrons. The van der Waals surface area contributed by atoms with Crippen LogP contribution in [-0.4, -0.2) is 4.98 Å². The predicted molar refractivity (Wildman–Crippen MR) is 141 cm³/mol. The van der Waals surface area contributed by atoms with Crippen LogP contribution in [0.4, 0.5) is 0 Å². The van der Waals surface area contributed by atoms with Crippen molar-refractivity contribution in [3.05, 3.63) is 76.8 Å². The molecule has 0 bridgehead atoms. The lowest BCUT2D eigenvalue weighted by atomic mass is 9.87. The number of aromatic nitrogens is 1. The number of hydrogen-bond donors (Lipinski definition) is 0. The molecule has 0 saturated heterocycles. The summed E-state index contributed by atoms with van der Waals surface area (Å²) in [5.74, 6) is 0. The van der Waals surface area contributed by atoms with Crippen LogP contribution in [0.2, 0.25) is 0 Å². The van der Waals surface area contributed by atoms with E-state index in [4.69, 9.17) is 0 Å². The standard InChI is InChI=1S/C14H17NS.C10H14.C5H12/c1-10-9-16-13(15-10)11-5-7-12(8-6-11)14(2,3)4;1-10(2,3)9-7-5-4-6-8-9;1-5(2,3)4/h5-9H,1-4H3;4-8H,1-3H3;1-4H3. The summed E-state index contributed by atoms with van der Waals surface area (Å²) >= 11 is 1.70. The van der Waals surface area contributed by atoms with Gasteiger partial charge >= 0.3 is 0 Å². The summed E-state index contributed by atoms with van der Waals surface area (Å²) in [6.45, 7) is 24.1. The molecular weight excluding hydrogens is 394 g/mol. The van der Waals surface area contributed by atoms with E-state index in [1.807, 2.05) is 6.92 Å². The first-order chi connectivity index (χ1) is 14.1. The van der Waals surface area contributed by atoms with E-state index in [0.29, 0.717) is 10.8 Å². The maximum Gasteiger partial charge on any atom is 0.123 e. The second-order valence-electron chi connectivity index (χ2n) is 11.7. The van der Waals surface area contributed by atoms with Crippen molar-refractivity contribution in [3.63, 3.8) is 0 Å². The molecule has 0 aliphatic rings. The highest BCUT2D eigenvalue weighted by Crippen LogP contribution is 2.27. The zero-order valence-electron chi connectivity index (χ0n) is 21.6. The number of thiazole rings is 1. The molecule has 0 fully saturated rings. The summed E-state index contributed by atoms with van der Waals surface area (Å²) in [5, 5.41) is 3.20. The number of aryl methyl sites for hydroxylation is 1. The average Bonchev–Trinajstić information content (AvgIpc) is 3.07. The van der Waals surface area contributed by atoms with Crippen molar-refractivity contribution in [2.45, 2.75) is 87.0 Å². The molecule has 0 unspecified atom stereocenters. The highest BCUT2D eigenvalue weighted by molar-refractivity contribution is 7.13. The van der Waals surface area contributed by atoms with Gasteiger partial charge in [0, 0.05) is 16.6 Å². The first-order valence-electron chi connectivity index (χ1n) is 11.2. The first kappa shape index (κ1) is 27.1. The van der Waals surface area contributed by atoms with E-state index >= 15 is 0 Å². The number of benzene rings is 2. The van der Waals surface area contributed by atoms with Crippen LogP contribution in [0, 0.1) is 12.3 Å². The van der Waals surface area contributed by atoms with Gasteiger partial charge in [0.1, 0.15) is 5.01 Å². The summed E-state index contributed by atoms with van der Waals surface area (Å²) in [7, 11) is 0. The number of hydrogen-bond acceptors (Lipinski definition) is 2. The molecule has 0 spiro atoms. The minimum Gasteiger partial charge on any atom is -0.241 e. The van der Waals surface area contributed by atoms with Crippen molar-refractivity contribution >= 4 is 11.3 Å². The molecule has 0 aliphatic carbocycles. The fraction of sp³-hybridized carbons (Fsp3) is 0.483. The smallest absolute Gasteiger partial charge is 0.123 e. The van der Waals surface area contributed by atoms with E-state index < -0.39 is 0 Å². The van der Waals surface area contributed by atoms with Crippen molar-refractivity contribution in [3.8, 4) is 10.6 Å². The Morgan fingerprint density at radius 2 is 1.03 bits per heavy atom. The lowest BCUT2D eigenvalue weighted by Gasteiger charge is -2.18. The van der Waals surface area contributed by atoms with E-state index in [1.54, 1.807) is 11.3 Å². The third kappa shape index (κ3) is 11.3. The van der Waals surface area contributed by atoms with Gasteiger partial charge in [0.15, 0.2) is 0 Å². The van der Waals surface area contributed by atoms with Gasteiger partial charge in [-0.05, 0) is 34.3 Å². The molecule has 0 saturated carbocycles. The quantitative estimate of drug-likeness (QED) is 0.369. The summed E-state index contributed by atoms with van der Waals surface area (Å²) in [6.07, 6.45) is 0. The van der Waals surface area contributed by atoms with Gasteiger partial charge < -0.3 is 0 Å². The van der Waals surface area contributed by atoms with E-state index in [0.717, 1.165) is 10.7 Å². The van der Waals surface area contributed by atoms with Crippen molar-refractivity contribution < 1.29 is 0 Å². The van der Waals surface area contributed by atoms with Gasteiger partial charge in [-0.2, -0.15) is 0 Å². The molecule has 0 N–H and O–H groups in total. The zero-order valence-corrected chi connectivity index (χ0v) is 22.4. The summed E-state index contributed by atoms with van der Waals surface area (Å²) < 4.78 is 0. The van der Waals surface area contributed by atoms with Crippen LogP contribution >= 0.6 is 11.3 Å². The molecule has 1 heterocycles. The summed E-state index contributed by atoms with van der Waals surface area (Å²) in [5.41, 5.74) is 6.09. The maximum absolute atomic E-state index is 4.49.